The van der Waals surface area contributed by atoms with E-state index in [9.17, 15) is 14.7 Å². The number of nitrogens with zero attached hydrogens (tertiary/aromatic N) is 1. The lowest BCUT2D eigenvalue weighted by molar-refractivity contribution is -0.132. The fourth-order valence-corrected chi connectivity index (χ4v) is 5.00. The van der Waals surface area contributed by atoms with Crippen molar-refractivity contribution in [2.24, 2.45) is 0 Å². The monoisotopic (exact) mass is 473 g/mol. The maximum atomic E-state index is 13.1. The van der Waals surface area contributed by atoms with Gasteiger partial charge in [0, 0.05) is 15.6 Å². The number of rotatable bonds is 4. The first-order valence-corrected chi connectivity index (χ1v) is 10.9. The molecule has 2 aromatic carbocycles. The normalized spacial score (nSPS) is 17.9. The quantitative estimate of drug-likeness (QED) is 0.286. The van der Waals surface area contributed by atoms with E-state index in [-0.39, 0.29) is 26.9 Å². The molecule has 158 valence electrons. The van der Waals surface area contributed by atoms with Crippen LogP contribution in [0.2, 0.25) is 10.0 Å². The number of aliphatic hydroxyl groups excluding tert-OH is 1. The zero-order chi connectivity index (χ0) is 22.3. The Morgan fingerprint density at radius 1 is 1.13 bits per heavy atom. The third-order valence-corrected chi connectivity index (χ3v) is 6.46. The van der Waals surface area contributed by atoms with E-state index in [2.05, 4.69) is 0 Å². The Balaban J connectivity index is 1.97. The van der Waals surface area contributed by atoms with Crippen molar-refractivity contribution < 1.29 is 19.4 Å². The van der Waals surface area contributed by atoms with Crippen LogP contribution in [0, 0.1) is 6.92 Å². The Morgan fingerprint density at radius 3 is 2.45 bits per heavy atom. The van der Waals surface area contributed by atoms with Crippen LogP contribution in [-0.2, 0) is 9.59 Å². The average Bonchev–Trinajstić information content (AvgIpc) is 3.35. The van der Waals surface area contributed by atoms with E-state index in [1.165, 1.54) is 35.5 Å². The molecule has 0 radical (unpaired) electrons. The minimum absolute atomic E-state index is 0.0512. The zero-order valence-corrected chi connectivity index (χ0v) is 18.9. The van der Waals surface area contributed by atoms with Crippen LogP contribution in [-0.4, -0.2) is 23.9 Å². The molecular formula is C23H17Cl2NO4S. The number of carbonyl (C=O) groups is 2. The number of Topliss-reactive ketones (excluding diaryl/α,β-unsaturated/α-hetero) is 1. The van der Waals surface area contributed by atoms with Crippen LogP contribution < -0.4 is 9.64 Å². The number of ether oxygens (including phenoxy) is 1. The van der Waals surface area contributed by atoms with Gasteiger partial charge in [-0.3, -0.25) is 14.5 Å². The first-order chi connectivity index (χ1) is 14.8. The third-order valence-electron chi connectivity index (χ3n) is 5.04. The number of thiophene rings is 1. The molecule has 1 N–H and O–H groups in total. The zero-order valence-electron chi connectivity index (χ0n) is 16.6. The molecule has 4 rings (SSSR count). The van der Waals surface area contributed by atoms with Crippen LogP contribution in [0.15, 0.2) is 59.5 Å². The Kier molecular flexibility index (Phi) is 5.79. The van der Waals surface area contributed by atoms with Gasteiger partial charge in [-0.1, -0.05) is 47.0 Å². The Bertz CT molecular complexity index is 1200. The summed E-state index contributed by atoms with van der Waals surface area (Å²) in [6, 6.07) is 13.0. The van der Waals surface area contributed by atoms with E-state index in [4.69, 9.17) is 27.9 Å². The van der Waals surface area contributed by atoms with Crippen LogP contribution in [0.3, 0.4) is 0 Å². The largest absolute Gasteiger partial charge is 0.507 e. The molecule has 2 heterocycles. The number of benzene rings is 2. The molecule has 0 spiro atoms. The van der Waals surface area contributed by atoms with Crippen molar-refractivity contribution in [2.45, 2.75) is 13.0 Å². The standard InChI is InChI=1S/C23H17Cl2NO4S/c1-12-5-7-14(8-6-12)26-19(17-4-3-9-31-17)18(21(28)23(26)29)20(27)15-10-13(24)11-16(25)22(15)30-2/h3-11,19,27H,1-2H3/b20-18-. The number of aliphatic hydroxyl groups is 1. The fourth-order valence-electron chi connectivity index (χ4n) is 3.61. The lowest BCUT2D eigenvalue weighted by Crippen LogP contribution is -2.29. The van der Waals surface area contributed by atoms with Crippen molar-refractivity contribution in [2.75, 3.05) is 12.0 Å². The lowest BCUT2D eigenvalue weighted by Gasteiger charge is -2.24. The highest BCUT2D eigenvalue weighted by Crippen LogP contribution is 2.45. The number of aryl methyl sites for hydroxylation is 1. The number of halogens is 2. The maximum absolute atomic E-state index is 13.1. The summed E-state index contributed by atoms with van der Waals surface area (Å²) in [5.74, 6) is -1.76. The van der Waals surface area contributed by atoms with Crippen LogP contribution in [0.4, 0.5) is 5.69 Å². The van der Waals surface area contributed by atoms with E-state index < -0.39 is 23.5 Å². The summed E-state index contributed by atoms with van der Waals surface area (Å²) >= 11 is 13.7. The first-order valence-electron chi connectivity index (χ1n) is 9.28. The molecule has 1 saturated heterocycles. The highest BCUT2D eigenvalue weighted by molar-refractivity contribution is 7.10. The second kappa shape index (κ2) is 8.38. The summed E-state index contributed by atoms with van der Waals surface area (Å²) in [6.07, 6.45) is 0. The van der Waals surface area contributed by atoms with Gasteiger partial charge in [0.25, 0.3) is 11.7 Å². The molecule has 1 aliphatic rings. The molecule has 1 atom stereocenters. The number of hydrogen-bond donors (Lipinski definition) is 1. The molecular weight excluding hydrogens is 457 g/mol. The molecule has 1 fully saturated rings. The Labute approximate surface area is 193 Å². The number of carbonyl (C=O) groups excluding carboxylic acids is 2. The van der Waals surface area contributed by atoms with E-state index in [0.717, 1.165) is 10.4 Å². The van der Waals surface area contributed by atoms with Crippen LogP contribution in [0.1, 0.15) is 22.0 Å². The lowest BCUT2D eigenvalue weighted by atomic mass is 9.99. The second-order valence-electron chi connectivity index (χ2n) is 6.99. The van der Waals surface area contributed by atoms with Crippen molar-refractivity contribution in [1.29, 1.82) is 0 Å². The summed E-state index contributed by atoms with van der Waals surface area (Å²) in [4.78, 5) is 28.3. The first kappa shape index (κ1) is 21.4. The smallest absolute Gasteiger partial charge is 0.300 e. The number of methoxy groups -OCH3 is 1. The van der Waals surface area contributed by atoms with Gasteiger partial charge >= 0.3 is 0 Å². The van der Waals surface area contributed by atoms with Crippen LogP contribution in [0.25, 0.3) is 5.76 Å². The molecule has 3 aromatic rings. The van der Waals surface area contributed by atoms with E-state index in [0.29, 0.717) is 5.69 Å². The van der Waals surface area contributed by atoms with Gasteiger partial charge in [0.1, 0.15) is 17.6 Å². The van der Waals surface area contributed by atoms with Gasteiger partial charge in [-0.05, 0) is 42.6 Å². The third kappa shape index (κ3) is 3.71. The minimum atomic E-state index is -0.801. The number of ketones is 1. The molecule has 5 nitrogen and oxygen atoms in total. The summed E-state index contributed by atoms with van der Waals surface area (Å²) in [6.45, 7) is 1.93. The summed E-state index contributed by atoms with van der Waals surface area (Å²) in [7, 11) is 1.40. The van der Waals surface area contributed by atoms with Gasteiger partial charge in [-0.2, -0.15) is 0 Å². The SMILES string of the molecule is COc1c(Cl)cc(Cl)cc1/C(O)=C1/C(=O)C(=O)N(c2ccc(C)cc2)C1c1cccs1. The molecule has 1 amide bonds. The Hall–Kier alpha value is -2.80. The highest BCUT2D eigenvalue weighted by Gasteiger charge is 2.47. The maximum Gasteiger partial charge on any atom is 0.300 e. The molecule has 0 bridgehead atoms. The highest BCUT2D eigenvalue weighted by atomic mass is 35.5. The molecule has 1 aromatic heterocycles. The fraction of sp³-hybridized carbons (Fsp3) is 0.130. The van der Waals surface area contributed by atoms with E-state index in [1.54, 1.807) is 12.1 Å². The minimum Gasteiger partial charge on any atom is -0.507 e. The summed E-state index contributed by atoms with van der Waals surface area (Å²) < 4.78 is 5.33. The number of amides is 1. The second-order valence-corrected chi connectivity index (χ2v) is 8.81. The van der Waals surface area contributed by atoms with E-state index >= 15 is 0 Å². The number of anilines is 1. The molecule has 0 aliphatic carbocycles. The van der Waals surface area contributed by atoms with Crippen LogP contribution in [0.5, 0.6) is 5.75 Å². The van der Waals surface area contributed by atoms with Gasteiger partial charge in [0.05, 0.1) is 23.3 Å². The molecule has 31 heavy (non-hydrogen) atoms. The number of hydrogen-bond acceptors (Lipinski definition) is 5. The predicted octanol–water partition coefficient (Wildman–Crippen LogP) is 6.00. The van der Waals surface area contributed by atoms with Crippen LogP contribution >= 0.6 is 34.5 Å². The molecule has 1 unspecified atom stereocenters. The average molecular weight is 474 g/mol. The van der Waals surface area contributed by atoms with Gasteiger partial charge in [-0.25, -0.2) is 0 Å². The molecule has 0 saturated carbocycles. The van der Waals surface area contributed by atoms with Crippen molar-refractivity contribution in [1.82, 2.24) is 0 Å². The van der Waals surface area contributed by atoms with Crippen molar-refractivity contribution in [3.63, 3.8) is 0 Å². The van der Waals surface area contributed by atoms with Gasteiger partial charge < -0.3 is 9.84 Å². The van der Waals surface area contributed by atoms with Crippen molar-refractivity contribution >= 4 is 57.7 Å². The predicted molar refractivity (Wildman–Crippen MR) is 123 cm³/mol. The topological polar surface area (TPSA) is 66.8 Å². The summed E-state index contributed by atoms with van der Waals surface area (Å²) in [5.41, 5.74) is 1.67. The van der Waals surface area contributed by atoms with Gasteiger partial charge in [-0.15, -0.1) is 11.3 Å². The van der Waals surface area contributed by atoms with Gasteiger partial charge in [0.2, 0.25) is 0 Å². The Morgan fingerprint density at radius 2 is 1.84 bits per heavy atom. The van der Waals surface area contributed by atoms with Crippen molar-refractivity contribution in [3.8, 4) is 5.75 Å². The molecule has 1 aliphatic heterocycles. The van der Waals surface area contributed by atoms with E-state index in [1.807, 2.05) is 36.6 Å². The summed E-state index contributed by atoms with van der Waals surface area (Å²) in [5, 5.41) is 13.5. The molecule has 8 heteroatoms. The van der Waals surface area contributed by atoms with Crippen molar-refractivity contribution in [3.05, 3.63) is 85.5 Å². The van der Waals surface area contributed by atoms with Gasteiger partial charge in [0.15, 0.2) is 0 Å².